The highest BCUT2D eigenvalue weighted by molar-refractivity contribution is 6.30. The molecule has 0 aliphatic heterocycles. The molecule has 0 aromatic heterocycles. The van der Waals surface area contributed by atoms with Crippen LogP contribution in [0.25, 0.3) is 0 Å². The standard InChI is InChI=1S/C22H15NO6/c1-29-13-7-5-12(6-8-13)23-22(28)11-9-15-19(17(25)10-11)21(27)18-14(20(15)26)3-2-4-16(18)24/h2-10,24-25H,1H3,(H,23,28). The average molecular weight is 389 g/mol. The predicted octanol–water partition coefficient (Wildman–Crippen LogP) is 3.13. The monoisotopic (exact) mass is 389 g/mol. The number of rotatable bonds is 3. The van der Waals surface area contributed by atoms with Gasteiger partial charge in [-0.25, -0.2) is 0 Å². The third-order valence-corrected chi connectivity index (χ3v) is 4.71. The Kier molecular flexibility index (Phi) is 4.27. The second-order valence-corrected chi connectivity index (χ2v) is 6.46. The molecule has 29 heavy (non-hydrogen) atoms. The first-order valence-electron chi connectivity index (χ1n) is 8.64. The molecule has 0 saturated heterocycles. The number of ether oxygens (including phenoxy) is 1. The van der Waals surface area contributed by atoms with E-state index in [-0.39, 0.29) is 33.6 Å². The fraction of sp³-hybridized carbons (Fsp3) is 0.0455. The summed E-state index contributed by atoms with van der Waals surface area (Å²) in [6.07, 6.45) is 0. The molecule has 0 atom stereocenters. The first kappa shape index (κ1) is 18.2. The van der Waals surface area contributed by atoms with Gasteiger partial charge in [0.1, 0.15) is 17.2 Å². The molecule has 0 spiro atoms. The molecule has 1 aliphatic rings. The van der Waals surface area contributed by atoms with Crippen molar-refractivity contribution in [3.05, 3.63) is 82.4 Å². The molecule has 0 bridgehead atoms. The molecule has 0 fully saturated rings. The van der Waals surface area contributed by atoms with Crippen LogP contribution >= 0.6 is 0 Å². The molecule has 144 valence electrons. The number of carbonyl (C=O) groups excluding carboxylic acids is 3. The van der Waals surface area contributed by atoms with Gasteiger partial charge in [-0.05, 0) is 42.5 Å². The van der Waals surface area contributed by atoms with Crippen LogP contribution in [0.2, 0.25) is 0 Å². The minimum Gasteiger partial charge on any atom is -0.507 e. The van der Waals surface area contributed by atoms with Crippen LogP contribution in [0, 0.1) is 0 Å². The van der Waals surface area contributed by atoms with Crippen molar-refractivity contribution >= 4 is 23.2 Å². The lowest BCUT2D eigenvalue weighted by Crippen LogP contribution is -2.22. The molecular formula is C22H15NO6. The van der Waals surface area contributed by atoms with Gasteiger partial charge in [-0.2, -0.15) is 0 Å². The van der Waals surface area contributed by atoms with Gasteiger partial charge in [0.2, 0.25) is 5.78 Å². The van der Waals surface area contributed by atoms with Gasteiger partial charge in [0.05, 0.1) is 18.2 Å². The minimum atomic E-state index is -0.674. The van der Waals surface area contributed by atoms with E-state index in [0.29, 0.717) is 11.4 Å². The number of ketones is 2. The zero-order valence-corrected chi connectivity index (χ0v) is 15.2. The van der Waals surface area contributed by atoms with Gasteiger partial charge in [0.25, 0.3) is 5.91 Å². The molecule has 4 rings (SSSR count). The molecule has 7 heteroatoms. The summed E-state index contributed by atoms with van der Waals surface area (Å²) in [6.45, 7) is 0. The fourth-order valence-electron chi connectivity index (χ4n) is 3.29. The third-order valence-electron chi connectivity index (χ3n) is 4.71. The Bertz CT molecular complexity index is 1180. The van der Waals surface area contributed by atoms with Crippen LogP contribution in [0.15, 0.2) is 54.6 Å². The lowest BCUT2D eigenvalue weighted by atomic mass is 9.82. The number of methoxy groups -OCH3 is 1. The maximum atomic E-state index is 12.8. The summed E-state index contributed by atoms with van der Waals surface area (Å²) in [5.41, 5.74) is 0.0517. The lowest BCUT2D eigenvalue weighted by Gasteiger charge is -2.20. The highest BCUT2D eigenvalue weighted by atomic mass is 16.5. The van der Waals surface area contributed by atoms with Crippen LogP contribution in [0.5, 0.6) is 17.2 Å². The van der Waals surface area contributed by atoms with Crippen molar-refractivity contribution in [3.8, 4) is 17.2 Å². The normalized spacial score (nSPS) is 12.2. The maximum Gasteiger partial charge on any atom is 0.255 e. The molecular weight excluding hydrogens is 374 g/mol. The molecule has 0 unspecified atom stereocenters. The van der Waals surface area contributed by atoms with Gasteiger partial charge in [-0.15, -0.1) is 0 Å². The second kappa shape index (κ2) is 6.79. The van der Waals surface area contributed by atoms with Gasteiger partial charge in [-0.3, -0.25) is 14.4 Å². The Morgan fingerprint density at radius 1 is 0.862 bits per heavy atom. The molecule has 0 heterocycles. The molecule has 0 radical (unpaired) electrons. The summed E-state index contributed by atoms with van der Waals surface area (Å²) in [5.74, 6) is -2.01. The first-order chi connectivity index (χ1) is 13.9. The zero-order valence-electron chi connectivity index (χ0n) is 15.2. The SMILES string of the molecule is COc1ccc(NC(=O)c2cc(O)c3c(c2)C(=O)c2cccc(O)c2C3=O)cc1. The van der Waals surface area contributed by atoms with Crippen molar-refractivity contribution < 1.29 is 29.3 Å². The number of phenolic OH excluding ortho intramolecular Hbond substituents is 2. The van der Waals surface area contributed by atoms with Gasteiger partial charge >= 0.3 is 0 Å². The Labute approximate surface area is 165 Å². The van der Waals surface area contributed by atoms with E-state index in [4.69, 9.17) is 4.74 Å². The van der Waals surface area contributed by atoms with Crippen molar-refractivity contribution in [3.63, 3.8) is 0 Å². The number of phenols is 2. The van der Waals surface area contributed by atoms with Crippen LogP contribution in [-0.2, 0) is 0 Å². The van der Waals surface area contributed by atoms with Gasteiger partial charge in [0, 0.05) is 22.4 Å². The highest BCUT2D eigenvalue weighted by Gasteiger charge is 2.35. The number of benzene rings is 3. The number of anilines is 1. The summed E-state index contributed by atoms with van der Waals surface area (Å²) in [7, 11) is 1.53. The van der Waals surface area contributed by atoms with E-state index in [1.54, 1.807) is 24.3 Å². The summed E-state index contributed by atoms with van der Waals surface area (Å²) >= 11 is 0. The van der Waals surface area contributed by atoms with E-state index in [2.05, 4.69) is 5.32 Å². The predicted molar refractivity (Wildman–Crippen MR) is 104 cm³/mol. The van der Waals surface area contributed by atoms with E-state index in [1.807, 2.05) is 0 Å². The molecule has 3 aromatic rings. The van der Waals surface area contributed by atoms with E-state index >= 15 is 0 Å². The Balaban J connectivity index is 1.72. The number of carbonyl (C=O) groups is 3. The van der Waals surface area contributed by atoms with E-state index in [0.717, 1.165) is 6.07 Å². The van der Waals surface area contributed by atoms with Crippen molar-refractivity contribution in [1.29, 1.82) is 0 Å². The van der Waals surface area contributed by atoms with Crippen LogP contribution in [0.1, 0.15) is 42.2 Å². The van der Waals surface area contributed by atoms with Crippen molar-refractivity contribution in [2.75, 3.05) is 12.4 Å². The Morgan fingerprint density at radius 2 is 1.55 bits per heavy atom. The van der Waals surface area contributed by atoms with Crippen LogP contribution in [0.3, 0.4) is 0 Å². The van der Waals surface area contributed by atoms with Crippen LogP contribution < -0.4 is 10.1 Å². The summed E-state index contributed by atoms with van der Waals surface area (Å²) in [6, 6.07) is 13.2. The lowest BCUT2D eigenvalue weighted by molar-refractivity contribution is 0.0972. The topological polar surface area (TPSA) is 113 Å². The van der Waals surface area contributed by atoms with E-state index < -0.39 is 23.2 Å². The highest BCUT2D eigenvalue weighted by Crippen LogP contribution is 2.37. The number of amides is 1. The molecule has 1 aliphatic carbocycles. The van der Waals surface area contributed by atoms with Crippen molar-refractivity contribution in [2.24, 2.45) is 0 Å². The maximum absolute atomic E-state index is 12.8. The van der Waals surface area contributed by atoms with Gasteiger partial charge < -0.3 is 20.3 Å². The zero-order chi connectivity index (χ0) is 20.7. The van der Waals surface area contributed by atoms with Gasteiger partial charge in [0.15, 0.2) is 5.78 Å². The smallest absolute Gasteiger partial charge is 0.255 e. The Hall–Kier alpha value is -4.13. The Morgan fingerprint density at radius 3 is 2.24 bits per heavy atom. The molecule has 0 saturated carbocycles. The number of nitrogens with one attached hydrogen (secondary N) is 1. The molecule has 1 amide bonds. The van der Waals surface area contributed by atoms with Gasteiger partial charge in [-0.1, -0.05) is 12.1 Å². The molecule has 7 nitrogen and oxygen atoms in total. The number of hydrogen-bond donors (Lipinski definition) is 3. The van der Waals surface area contributed by atoms with Crippen LogP contribution in [-0.4, -0.2) is 34.8 Å². The van der Waals surface area contributed by atoms with E-state index in [9.17, 15) is 24.6 Å². The summed E-state index contributed by atoms with van der Waals surface area (Å²) < 4.78 is 5.06. The molecule has 3 N–H and O–H groups in total. The second-order valence-electron chi connectivity index (χ2n) is 6.46. The van der Waals surface area contributed by atoms with Crippen LogP contribution in [0.4, 0.5) is 5.69 Å². The number of hydrogen-bond acceptors (Lipinski definition) is 6. The largest absolute Gasteiger partial charge is 0.507 e. The molecule has 3 aromatic carbocycles. The first-order valence-corrected chi connectivity index (χ1v) is 8.64. The number of aromatic hydroxyl groups is 2. The summed E-state index contributed by atoms with van der Waals surface area (Å²) in [4.78, 5) is 38.2. The summed E-state index contributed by atoms with van der Waals surface area (Å²) in [5, 5.41) is 23.0. The fourth-order valence-corrected chi connectivity index (χ4v) is 3.29. The van der Waals surface area contributed by atoms with Crippen molar-refractivity contribution in [2.45, 2.75) is 0 Å². The van der Waals surface area contributed by atoms with E-state index in [1.165, 1.54) is 31.4 Å². The number of fused-ring (bicyclic) bond motifs is 2. The minimum absolute atomic E-state index is 0.0156. The quantitative estimate of drug-likeness (QED) is 0.496. The average Bonchev–Trinajstić information content (AvgIpc) is 2.71. The van der Waals surface area contributed by atoms with Crippen molar-refractivity contribution in [1.82, 2.24) is 0 Å². The third kappa shape index (κ3) is 2.98.